The van der Waals surface area contributed by atoms with E-state index in [0.717, 1.165) is 26.1 Å². The largest absolute Gasteiger partial charge is 0.385 e. The average Bonchev–Trinajstić information content (AvgIpc) is 2.49. The summed E-state index contributed by atoms with van der Waals surface area (Å²) in [6.07, 6.45) is 1.99. The van der Waals surface area contributed by atoms with Gasteiger partial charge in [-0.15, -0.1) is 0 Å². The molecule has 0 bridgehead atoms. The lowest BCUT2D eigenvalue weighted by Crippen LogP contribution is -2.26. The van der Waals surface area contributed by atoms with E-state index in [4.69, 9.17) is 9.47 Å². The van der Waals surface area contributed by atoms with Crippen molar-refractivity contribution in [3.05, 3.63) is 33.3 Å². The van der Waals surface area contributed by atoms with Crippen molar-refractivity contribution in [1.29, 1.82) is 0 Å². The highest BCUT2D eigenvalue weighted by molar-refractivity contribution is 9.10. The predicted octanol–water partition coefficient (Wildman–Crippen LogP) is 6.37. The van der Waals surface area contributed by atoms with Crippen LogP contribution in [0, 0.1) is 0 Å². The molecule has 0 aliphatic heterocycles. The van der Waals surface area contributed by atoms with Crippen LogP contribution in [0.25, 0.3) is 0 Å². The van der Waals surface area contributed by atoms with Crippen molar-refractivity contribution in [2.45, 2.75) is 77.6 Å². The Bertz CT molecular complexity index is 527. The minimum absolute atomic E-state index is 0.0438. The molecule has 0 heterocycles. The van der Waals surface area contributed by atoms with Gasteiger partial charge >= 0.3 is 0 Å². The van der Waals surface area contributed by atoms with Gasteiger partial charge in [0.25, 0.3) is 0 Å². The Morgan fingerprint density at radius 3 is 1.40 bits per heavy atom. The van der Waals surface area contributed by atoms with Gasteiger partial charge in [0.15, 0.2) is 0 Å². The molecule has 25 heavy (non-hydrogen) atoms. The minimum atomic E-state index is 0.0438. The number of hydrogen-bond acceptors (Lipinski definition) is 2. The van der Waals surface area contributed by atoms with Crippen LogP contribution < -0.4 is 0 Å². The van der Waals surface area contributed by atoms with Crippen LogP contribution in [-0.4, -0.2) is 27.4 Å². The quantitative estimate of drug-likeness (QED) is 0.493. The Labute approximate surface area is 163 Å². The summed E-state index contributed by atoms with van der Waals surface area (Å²) in [7, 11) is 3.55. The highest BCUT2D eigenvalue weighted by Crippen LogP contribution is 2.43. The molecular weight excluding hydrogens is 376 g/mol. The highest BCUT2D eigenvalue weighted by Gasteiger charge is 2.31. The lowest BCUT2D eigenvalue weighted by molar-refractivity contribution is 0.173. The van der Waals surface area contributed by atoms with Crippen molar-refractivity contribution in [2.24, 2.45) is 0 Å². The Balaban J connectivity index is 3.55. The van der Waals surface area contributed by atoms with Gasteiger partial charge in [-0.3, -0.25) is 0 Å². The van der Waals surface area contributed by atoms with Crippen molar-refractivity contribution >= 4 is 15.9 Å². The maximum Gasteiger partial charge on any atom is 0.0470 e. The number of hydrogen-bond donors (Lipinski definition) is 0. The second-order valence-corrected chi connectivity index (χ2v) is 10.2. The molecule has 0 fully saturated rings. The zero-order chi connectivity index (χ0) is 19.5. The number of ether oxygens (including phenoxy) is 2. The summed E-state index contributed by atoms with van der Waals surface area (Å²) in [5, 5.41) is 0. The Kier molecular flexibility index (Phi) is 7.74. The molecule has 1 aromatic rings. The third-order valence-corrected chi connectivity index (χ3v) is 6.11. The number of halogens is 1. The lowest BCUT2D eigenvalue weighted by atomic mass is 9.73. The van der Waals surface area contributed by atoms with Gasteiger partial charge in [-0.1, -0.05) is 76.5 Å². The summed E-state index contributed by atoms with van der Waals surface area (Å²) < 4.78 is 11.9. The number of benzene rings is 1. The Morgan fingerprint density at radius 2 is 1.12 bits per heavy atom. The van der Waals surface area contributed by atoms with Gasteiger partial charge in [0.05, 0.1) is 0 Å². The molecule has 0 atom stereocenters. The van der Waals surface area contributed by atoms with Crippen LogP contribution in [0.3, 0.4) is 0 Å². The summed E-state index contributed by atoms with van der Waals surface area (Å²) in [6.45, 7) is 17.6. The average molecular weight is 413 g/mol. The third kappa shape index (κ3) is 5.80. The SMILES string of the molecule is COCCC(C)(C)c1cc(C(C)(C)C)cc(C(C)(C)CCOC)c1Br. The molecule has 144 valence electrons. The van der Waals surface area contributed by atoms with Crippen molar-refractivity contribution in [3.8, 4) is 0 Å². The van der Waals surface area contributed by atoms with Crippen LogP contribution in [0.4, 0.5) is 0 Å². The molecule has 0 spiro atoms. The molecule has 0 saturated heterocycles. The fourth-order valence-electron chi connectivity index (χ4n) is 3.03. The molecule has 1 aromatic carbocycles. The zero-order valence-electron chi connectivity index (χ0n) is 17.7. The predicted molar refractivity (Wildman–Crippen MR) is 112 cm³/mol. The van der Waals surface area contributed by atoms with E-state index in [1.165, 1.54) is 21.2 Å². The minimum Gasteiger partial charge on any atom is -0.385 e. The Morgan fingerprint density at radius 1 is 0.760 bits per heavy atom. The fourth-order valence-corrected chi connectivity index (χ4v) is 4.33. The van der Waals surface area contributed by atoms with Gasteiger partial charge < -0.3 is 9.47 Å². The normalized spacial score (nSPS) is 13.4. The molecule has 0 aliphatic carbocycles. The molecule has 2 nitrogen and oxygen atoms in total. The molecule has 0 saturated carbocycles. The summed E-state index contributed by atoms with van der Waals surface area (Å²) in [6, 6.07) is 4.77. The standard InChI is InChI=1S/C22H37BrO2/c1-20(2,3)16-14-17(21(4,5)10-12-24-8)19(23)18(15-16)22(6,7)11-13-25-9/h14-15H,10-13H2,1-9H3. The molecule has 0 radical (unpaired) electrons. The van der Waals surface area contributed by atoms with E-state index in [9.17, 15) is 0 Å². The summed E-state index contributed by atoms with van der Waals surface area (Å²) in [5.41, 5.74) is 4.33. The topological polar surface area (TPSA) is 18.5 Å². The number of methoxy groups -OCH3 is 2. The first-order valence-corrected chi connectivity index (χ1v) is 9.99. The van der Waals surface area contributed by atoms with E-state index in [1.54, 1.807) is 14.2 Å². The molecule has 1 rings (SSSR count). The molecule has 0 amide bonds. The smallest absolute Gasteiger partial charge is 0.0470 e. The summed E-state index contributed by atoms with van der Waals surface area (Å²) in [5.74, 6) is 0. The summed E-state index contributed by atoms with van der Waals surface area (Å²) >= 11 is 3.96. The van der Waals surface area contributed by atoms with E-state index in [1.807, 2.05) is 0 Å². The first-order valence-electron chi connectivity index (χ1n) is 9.19. The molecule has 0 aliphatic rings. The van der Waals surface area contributed by atoms with Crippen LogP contribution in [0.5, 0.6) is 0 Å². The van der Waals surface area contributed by atoms with E-state index in [-0.39, 0.29) is 16.2 Å². The van der Waals surface area contributed by atoms with Crippen molar-refractivity contribution in [2.75, 3.05) is 27.4 Å². The van der Waals surface area contributed by atoms with Gasteiger partial charge in [-0.2, -0.15) is 0 Å². The molecule has 0 unspecified atom stereocenters. The molecule has 0 N–H and O–H groups in total. The van der Waals surface area contributed by atoms with E-state index < -0.39 is 0 Å². The highest BCUT2D eigenvalue weighted by atomic mass is 79.9. The fraction of sp³-hybridized carbons (Fsp3) is 0.727. The van der Waals surface area contributed by atoms with Crippen LogP contribution in [-0.2, 0) is 25.7 Å². The second-order valence-electron chi connectivity index (χ2n) is 9.39. The lowest BCUT2D eigenvalue weighted by Gasteiger charge is -2.35. The molecule has 0 aromatic heterocycles. The maximum absolute atomic E-state index is 5.36. The van der Waals surface area contributed by atoms with Crippen LogP contribution in [0.15, 0.2) is 16.6 Å². The van der Waals surface area contributed by atoms with E-state index in [2.05, 4.69) is 76.5 Å². The second kappa shape index (κ2) is 8.54. The van der Waals surface area contributed by atoms with Crippen molar-refractivity contribution < 1.29 is 9.47 Å². The number of rotatable bonds is 8. The van der Waals surface area contributed by atoms with Gasteiger partial charge in [0, 0.05) is 31.9 Å². The van der Waals surface area contributed by atoms with E-state index in [0.29, 0.717) is 0 Å². The van der Waals surface area contributed by atoms with Crippen LogP contribution >= 0.6 is 15.9 Å². The Hall–Kier alpha value is -0.380. The molecular formula is C22H37BrO2. The zero-order valence-corrected chi connectivity index (χ0v) is 19.3. The molecule has 3 heteroatoms. The third-order valence-electron chi connectivity index (χ3n) is 5.26. The van der Waals surface area contributed by atoms with Gasteiger partial charge in [0.1, 0.15) is 0 Å². The van der Waals surface area contributed by atoms with Crippen LogP contribution in [0.2, 0.25) is 0 Å². The van der Waals surface area contributed by atoms with Crippen molar-refractivity contribution in [1.82, 2.24) is 0 Å². The first-order chi connectivity index (χ1) is 11.4. The van der Waals surface area contributed by atoms with Gasteiger partial charge in [-0.05, 0) is 45.8 Å². The summed E-state index contributed by atoms with van der Waals surface area (Å²) in [4.78, 5) is 0. The van der Waals surface area contributed by atoms with Gasteiger partial charge in [-0.25, -0.2) is 0 Å². The van der Waals surface area contributed by atoms with Crippen molar-refractivity contribution in [3.63, 3.8) is 0 Å². The van der Waals surface area contributed by atoms with Crippen LogP contribution in [0.1, 0.15) is 78.0 Å². The van der Waals surface area contributed by atoms with Gasteiger partial charge in [0.2, 0.25) is 0 Å². The van der Waals surface area contributed by atoms with E-state index >= 15 is 0 Å². The monoisotopic (exact) mass is 412 g/mol. The first kappa shape index (κ1) is 22.7. The maximum atomic E-state index is 5.36.